The van der Waals surface area contributed by atoms with Crippen LogP contribution in [-0.4, -0.2) is 43.8 Å². The Morgan fingerprint density at radius 1 is 1.02 bits per heavy atom. The van der Waals surface area contributed by atoms with Gasteiger partial charge in [-0.3, -0.25) is 13.9 Å². The van der Waals surface area contributed by atoms with Crippen molar-refractivity contribution in [2.24, 2.45) is 0 Å². The van der Waals surface area contributed by atoms with Crippen molar-refractivity contribution >= 4 is 39.1 Å². The number of aryl methyl sites for hydroxylation is 1. The molecule has 0 bridgehead atoms. The molecule has 0 heterocycles. The summed E-state index contributed by atoms with van der Waals surface area (Å²) in [7, 11) is -4.26. The van der Waals surface area contributed by atoms with Crippen LogP contribution in [0, 0.1) is 12.7 Å². The van der Waals surface area contributed by atoms with Gasteiger partial charge in [0.25, 0.3) is 10.0 Å². The normalized spacial score (nSPS) is 14.4. The summed E-state index contributed by atoms with van der Waals surface area (Å²) in [6.07, 6.45) is 4.20. The van der Waals surface area contributed by atoms with Crippen molar-refractivity contribution in [3.63, 3.8) is 0 Å². The molecule has 2 amide bonds. The van der Waals surface area contributed by atoms with Crippen molar-refractivity contribution in [1.82, 2.24) is 10.2 Å². The number of carbonyl (C=O) groups excluding carboxylic acids is 2. The molecule has 1 fully saturated rings. The first-order valence-corrected chi connectivity index (χ1v) is 15.6. The number of benzene rings is 3. The minimum atomic E-state index is -4.26. The topological polar surface area (TPSA) is 86.8 Å². The van der Waals surface area contributed by atoms with E-state index in [-0.39, 0.29) is 34.1 Å². The standard InChI is InChI=1S/C31H35ClFN3O4S/c1-3-29(31(38)34-24-13-9-10-14-24)35(20-23-12-8-7-11-22(23)2)30(37)21-36(25-17-18-28(33)27(32)19-25)41(39,40)26-15-5-4-6-16-26/h4-8,11-12,15-19,24,29H,3,9-10,13-14,20-21H2,1-2H3,(H,34,38). The maximum atomic E-state index is 14.1. The molecule has 0 radical (unpaired) electrons. The average molecular weight is 600 g/mol. The quantitative estimate of drug-likeness (QED) is 0.300. The molecular weight excluding hydrogens is 565 g/mol. The molecule has 1 saturated carbocycles. The van der Waals surface area contributed by atoms with Gasteiger partial charge in [-0.15, -0.1) is 0 Å². The van der Waals surface area contributed by atoms with Gasteiger partial charge in [-0.1, -0.05) is 73.8 Å². The molecule has 1 aliphatic carbocycles. The first-order valence-electron chi connectivity index (χ1n) is 13.8. The summed E-state index contributed by atoms with van der Waals surface area (Å²) in [5.41, 5.74) is 1.82. The minimum absolute atomic E-state index is 0.0351. The summed E-state index contributed by atoms with van der Waals surface area (Å²) < 4.78 is 42.6. The molecule has 41 heavy (non-hydrogen) atoms. The van der Waals surface area contributed by atoms with Gasteiger partial charge in [0.05, 0.1) is 15.6 Å². The summed E-state index contributed by atoms with van der Waals surface area (Å²) in [6.45, 7) is 3.25. The SMILES string of the molecule is CCC(C(=O)NC1CCCC1)N(Cc1ccccc1C)C(=O)CN(c1ccc(F)c(Cl)c1)S(=O)(=O)c1ccccc1. The molecule has 10 heteroatoms. The molecule has 1 N–H and O–H groups in total. The Balaban J connectivity index is 1.73. The predicted octanol–water partition coefficient (Wildman–Crippen LogP) is 5.85. The van der Waals surface area contributed by atoms with Crippen LogP contribution in [0.25, 0.3) is 0 Å². The molecule has 218 valence electrons. The highest BCUT2D eigenvalue weighted by Gasteiger charge is 2.35. The second-order valence-corrected chi connectivity index (χ2v) is 12.6. The third kappa shape index (κ3) is 7.26. The summed E-state index contributed by atoms with van der Waals surface area (Å²) in [5, 5.41) is 2.82. The lowest BCUT2D eigenvalue weighted by atomic mass is 10.1. The van der Waals surface area contributed by atoms with E-state index in [2.05, 4.69) is 5.32 Å². The number of nitrogens with one attached hydrogen (secondary N) is 1. The van der Waals surface area contributed by atoms with E-state index in [9.17, 15) is 22.4 Å². The van der Waals surface area contributed by atoms with E-state index >= 15 is 0 Å². The maximum Gasteiger partial charge on any atom is 0.264 e. The Labute approximate surface area is 246 Å². The lowest BCUT2D eigenvalue weighted by Crippen LogP contribution is -2.53. The van der Waals surface area contributed by atoms with E-state index in [1.807, 2.05) is 38.1 Å². The Morgan fingerprint density at radius 3 is 2.32 bits per heavy atom. The van der Waals surface area contributed by atoms with Gasteiger partial charge >= 0.3 is 0 Å². The van der Waals surface area contributed by atoms with E-state index < -0.39 is 34.3 Å². The van der Waals surface area contributed by atoms with Gasteiger partial charge in [0, 0.05) is 12.6 Å². The predicted molar refractivity (Wildman–Crippen MR) is 159 cm³/mol. The summed E-state index contributed by atoms with van der Waals surface area (Å²) in [4.78, 5) is 29.1. The molecule has 0 aliphatic heterocycles. The van der Waals surface area contributed by atoms with Crippen LogP contribution in [0.15, 0.2) is 77.7 Å². The molecule has 3 aromatic rings. The molecular formula is C31H35ClFN3O4S. The number of carbonyl (C=O) groups is 2. The molecule has 0 saturated heterocycles. The van der Waals surface area contributed by atoms with Crippen molar-refractivity contribution in [2.45, 2.75) is 69.5 Å². The van der Waals surface area contributed by atoms with Crippen LogP contribution in [0.4, 0.5) is 10.1 Å². The Morgan fingerprint density at radius 2 is 1.68 bits per heavy atom. The molecule has 7 nitrogen and oxygen atoms in total. The van der Waals surface area contributed by atoms with Crippen LogP contribution in [0.2, 0.25) is 5.02 Å². The average Bonchev–Trinajstić information content (AvgIpc) is 3.47. The van der Waals surface area contributed by atoms with Crippen molar-refractivity contribution in [2.75, 3.05) is 10.8 Å². The summed E-state index contributed by atoms with van der Waals surface area (Å²) >= 11 is 6.03. The lowest BCUT2D eigenvalue weighted by molar-refractivity contribution is -0.140. The monoisotopic (exact) mass is 599 g/mol. The number of hydrogen-bond acceptors (Lipinski definition) is 4. The Kier molecular flexibility index (Phi) is 10.0. The van der Waals surface area contributed by atoms with Gasteiger partial charge in [0.2, 0.25) is 11.8 Å². The summed E-state index contributed by atoms with van der Waals surface area (Å²) in [5.74, 6) is -1.54. The van der Waals surface area contributed by atoms with Crippen LogP contribution >= 0.6 is 11.6 Å². The fraction of sp³-hybridized carbons (Fsp3) is 0.355. The maximum absolute atomic E-state index is 14.1. The number of sulfonamides is 1. The van der Waals surface area contributed by atoms with Crippen molar-refractivity contribution in [3.8, 4) is 0 Å². The summed E-state index contributed by atoms with van der Waals surface area (Å²) in [6, 6.07) is 18.0. The van der Waals surface area contributed by atoms with E-state index in [4.69, 9.17) is 11.6 Å². The van der Waals surface area contributed by atoms with E-state index in [0.29, 0.717) is 6.42 Å². The lowest BCUT2D eigenvalue weighted by Gasteiger charge is -2.34. The van der Waals surface area contributed by atoms with Crippen LogP contribution < -0.4 is 9.62 Å². The second kappa shape index (κ2) is 13.5. The molecule has 3 aromatic carbocycles. The van der Waals surface area contributed by atoms with E-state index in [0.717, 1.165) is 47.2 Å². The van der Waals surface area contributed by atoms with Gasteiger partial charge in [-0.05, 0) is 67.6 Å². The first-order chi connectivity index (χ1) is 19.6. The van der Waals surface area contributed by atoms with Crippen molar-refractivity contribution < 1.29 is 22.4 Å². The minimum Gasteiger partial charge on any atom is -0.352 e. The first kappa shape index (κ1) is 30.5. The third-order valence-electron chi connectivity index (χ3n) is 7.49. The largest absolute Gasteiger partial charge is 0.352 e. The van der Waals surface area contributed by atoms with Gasteiger partial charge in [-0.25, -0.2) is 12.8 Å². The molecule has 1 atom stereocenters. The van der Waals surface area contributed by atoms with Gasteiger partial charge in [0.15, 0.2) is 0 Å². The number of amides is 2. The fourth-order valence-corrected chi connectivity index (χ4v) is 6.75. The zero-order valence-corrected chi connectivity index (χ0v) is 24.8. The molecule has 0 spiro atoms. The number of rotatable bonds is 11. The van der Waals surface area contributed by atoms with Crippen molar-refractivity contribution in [1.29, 1.82) is 0 Å². The van der Waals surface area contributed by atoms with Crippen LogP contribution in [0.5, 0.6) is 0 Å². The third-order valence-corrected chi connectivity index (χ3v) is 9.57. The fourth-order valence-electron chi connectivity index (χ4n) is 5.15. The van der Waals surface area contributed by atoms with Crippen molar-refractivity contribution in [3.05, 3.63) is 94.8 Å². The number of nitrogens with zero attached hydrogens (tertiary/aromatic N) is 2. The zero-order chi connectivity index (χ0) is 29.6. The van der Waals surface area contributed by atoms with Gasteiger partial charge < -0.3 is 10.2 Å². The number of hydrogen-bond donors (Lipinski definition) is 1. The number of anilines is 1. The highest BCUT2D eigenvalue weighted by Crippen LogP contribution is 2.29. The zero-order valence-electron chi connectivity index (χ0n) is 23.2. The Hall–Kier alpha value is -3.43. The van der Waals surface area contributed by atoms with E-state index in [1.165, 1.54) is 29.2 Å². The molecule has 1 aliphatic rings. The smallest absolute Gasteiger partial charge is 0.264 e. The highest BCUT2D eigenvalue weighted by atomic mass is 35.5. The number of halogens is 2. The van der Waals surface area contributed by atoms with Crippen LogP contribution in [0.1, 0.15) is 50.2 Å². The van der Waals surface area contributed by atoms with Crippen LogP contribution in [-0.2, 0) is 26.2 Å². The molecule has 4 rings (SSSR count). The molecule has 1 unspecified atom stereocenters. The second-order valence-electron chi connectivity index (χ2n) is 10.3. The molecule has 0 aromatic heterocycles. The van der Waals surface area contributed by atoms with E-state index in [1.54, 1.807) is 18.2 Å². The van der Waals surface area contributed by atoms with Gasteiger partial charge in [-0.2, -0.15) is 0 Å². The Bertz CT molecular complexity index is 1480. The van der Waals surface area contributed by atoms with Gasteiger partial charge in [0.1, 0.15) is 18.4 Å². The van der Waals surface area contributed by atoms with Crippen LogP contribution in [0.3, 0.4) is 0 Å². The highest BCUT2D eigenvalue weighted by molar-refractivity contribution is 7.92.